The fourth-order valence-electron chi connectivity index (χ4n) is 1.89. The van der Waals surface area contributed by atoms with E-state index in [1.165, 1.54) is 28.6 Å². The number of nitrogens with zero attached hydrogens (tertiary/aromatic N) is 1. The maximum absolute atomic E-state index is 12.4. The van der Waals surface area contributed by atoms with Crippen molar-refractivity contribution in [1.82, 2.24) is 4.31 Å². The Morgan fingerprint density at radius 2 is 1.95 bits per heavy atom. The van der Waals surface area contributed by atoms with Crippen molar-refractivity contribution in [2.24, 2.45) is 0 Å². The number of hydrogen-bond acceptors (Lipinski definition) is 4. The van der Waals surface area contributed by atoms with Gasteiger partial charge < -0.3 is 4.42 Å². The van der Waals surface area contributed by atoms with Crippen LogP contribution in [0.3, 0.4) is 0 Å². The first-order valence-electron chi connectivity index (χ1n) is 6.45. The highest BCUT2D eigenvalue weighted by Crippen LogP contribution is 2.20. The van der Waals surface area contributed by atoms with E-state index in [2.05, 4.69) is 0 Å². The molecule has 20 heavy (non-hydrogen) atoms. The van der Waals surface area contributed by atoms with Crippen LogP contribution in [0.4, 0.5) is 0 Å². The van der Waals surface area contributed by atoms with Gasteiger partial charge in [-0.3, -0.25) is 0 Å². The zero-order chi connectivity index (χ0) is 14.8. The van der Waals surface area contributed by atoms with Crippen LogP contribution in [0.2, 0.25) is 0 Å². The molecule has 0 N–H and O–H groups in total. The molecule has 0 amide bonds. The van der Waals surface area contributed by atoms with Crippen LogP contribution in [0.5, 0.6) is 0 Å². The standard InChI is InChI=1S/C14H17NO4S/c1-3-4-9-15(2)20(17,18)12-6-7-13-11(10-12)5-8-14(16)19-13/h5-8,10H,3-4,9H2,1-2H3. The maximum Gasteiger partial charge on any atom is 0.336 e. The Labute approximate surface area is 117 Å². The van der Waals surface area contributed by atoms with Crippen LogP contribution in [0.1, 0.15) is 19.8 Å². The minimum atomic E-state index is -3.50. The molecule has 0 aliphatic heterocycles. The highest BCUT2D eigenvalue weighted by atomic mass is 32.2. The minimum Gasteiger partial charge on any atom is -0.423 e. The van der Waals surface area contributed by atoms with Crippen LogP contribution in [0.25, 0.3) is 11.0 Å². The molecule has 0 saturated carbocycles. The molecule has 5 nitrogen and oxygen atoms in total. The van der Waals surface area contributed by atoms with Gasteiger partial charge in [0.15, 0.2) is 0 Å². The van der Waals surface area contributed by atoms with Crippen molar-refractivity contribution in [2.45, 2.75) is 24.7 Å². The van der Waals surface area contributed by atoms with Gasteiger partial charge in [-0.25, -0.2) is 17.5 Å². The van der Waals surface area contributed by atoms with Crippen LogP contribution in [-0.4, -0.2) is 26.3 Å². The Hall–Kier alpha value is -1.66. The topological polar surface area (TPSA) is 67.6 Å². The molecule has 0 atom stereocenters. The van der Waals surface area contributed by atoms with Crippen molar-refractivity contribution < 1.29 is 12.8 Å². The number of hydrogen-bond donors (Lipinski definition) is 0. The summed E-state index contributed by atoms with van der Waals surface area (Å²) < 4.78 is 31.1. The molecule has 0 aliphatic rings. The third-order valence-corrected chi connectivity index (χ3v) is 4.98. The average Bonchev–Trinajstić information content (AvgIpc) is 2.43. The predicted octanol–water partition coefficient (Wildman–Crippen LogP) is 2.21. The van der Waals surface area contributed by atoms with Gasteiger partial charge in [0, 0.05) is 25.0 Å². The van der Waals surface area contributed by atoms with Gasteiger partial charge in [-0.05, 0) is 30.7 Å². The van der Waals surface area contributed by atoms with E-state index >= 15 is 0 Å². The van der Waals surface area contributed by atoms with Gasteiger partial charge in [0.1, 0.15) is 5.58 Å². The van der Waals surface area contributed by atoms with Crippen LogP contribution in [-0.2, 0) is 10.0 Å². The van der Waals surface area contributed by atoms with E-state index in [4.69, 9.17) is 4.42 Å². The van der Waals surface area contributed by atoms with Gasteiger partial charge in [0.05, 0.1) is 4.90 Å². The molecule has 0 aliphatic carbocycles. The molecule has 0 unspecified atom stereocenters. The van der Waals surface area contributed by atoms with Gasteiger partial charge in [-0.15, -0.1) is 0 Å². The second-order valence-corrected chi connectivity index (χ2v) is 6.68. The number of rotatable bonds is 5. The lowest BCUT2D eigenvalue weighted by molar-refractivity contribution is 0.459. The molecule has 2 aromatic rings. The van der Waals surface area contributed by atoms with Crippen LogP contribution in [0, 0.1) is 0 Å². The van der Waals surface area contributed by atoms with E-state index in [-0.39, 0.29) is 4.90 Å². The fourth-order valence-corrected chi connectivity index (χ4v) is 3.14. The van der Waals surface area contributed by atoms with Crippen LogP contribution < -0.4 is 5.63 Å². The molecule has 6 heteroatoms. The summed E-state index contributed by atoms with van der Waals surface area (Å²) in [6.45, 7) is 2.50. The largest absolute Gasteiger partial charge is 0.423 e. The number of fused-ring (bicyclic) bond motifs is 1. The Morgan fingerprint density at radius 1 is 1.20 bits per heavy atom. The van der Waals surface area contributed by atoms with Crippen molar-refractivity contribution in [1.29, 1.82) is 0 Å². The van der Waals surface area contributed by atoms with E-state index in [0.717, 1.165) is 12.8 Å². The van der Waals surface area contributed by atoms with E-state index in [9.17, 15) is 13.2 Å². The summed E-state index contributed by atoms with van der Waals surface area (Å²) in [6, 6.07) is 7.34. The first-order chi connectivity index (χ1) is 9.45. The normalized spacial score (nSPS) is 12.2. The monoisotopic (exact) mass is 295 g/mol. The summed E-state index contributed by atoms with van der Waals surface area (Å²) in [6.07, 6.45) is 1.75. The Bertz CT molecular complexity index is 764. The highest BCUT2D eigenvalue weighted by Gasteiger charge is 2.20. The molecule has 1 aromatic carbocycles. The van der Waals surface area contributed by atoms with E-state index in [1.807, 2.05) is 6.92 Å². The average molecular weight is 295 g/mol. The Balaban J connectivity index is 2.42. The molecule has 1 aromatic heterocycles. The number of sulfonamides is 1. The fraction of sp³-hybridized carbons (Fsp3) is 0.357. The van der Waals surface area contributed by atoms with E-state index < -0.39 is 15.6 Å². The molecule has 108 valence electrons. The SMILES string of the molecule is CCCCN(C)S(=O)(=O)c1ccc2oc(=O)ccc2c1. The van der Waals surface area contributed by atoms with Gasteiger partial charge in [-0.1, -0.05) is 13.3 Å². The van der Waals surface area contributed by atoms with Crippen LogP contribution in [0.15, 0.2) is 44.4 Å². The third kappa shape index (κ3) is 2.91. The van der Waals surface area contributed by atoms with Gasteiger partial charge in [0.25, 0.3) is 0 Å². The summed E-state index contributed by atoms with van der Waals surface area (Å²) in [4.78, 5) is 11.3. The van der Waals surface area contributed by atoms with Gasteiger partial charge >= 0.3 is 5.63 Å². The molecule has 0 bridgehead atoms. The van der Waals surface area contributed by atoms with Crippen molar-refractivity contribution in [3.05, 3.63) is 40.8 Å². The quantitative estimate of drug-likeness (QED) is 0.793. The molecule has 0 spiro atoms. The van der Waals surface area contributed by atoms with E-state index in [1.54, 1.807) is 13.1 Å². The number of unbranched alkanes of at least 4 members (excludes halogenated alkanes) is 1. The summed E-state index contributed by atoms with van der Waals surface area (Å²) in [5.74, 6) is 0. The zero-order valence-corrected chi connectivity index (χ0v) is 12.3. The first-order valence-corrected chi connectivity index (χ1v) is 7.89. The molecular weight excluding hydrogens is 278 g/mol. The van der Waals surface area contributed by atoms with Gasteiger partial charge in [0.2, 0.25) is 10.0 Å². The predicted molar refractivity (Wildman–Crippen MR) is 77.2 cm³/mol. The maximum atomic E-state index is 12.4. The smallest absolute Gasteiger partial charge is 0.336 e. The number of benzene rings is 1. The molecule has 0 radical (unpaired) electrons. The summed E-state index contributed by atoms with van der Waals surface area (Å²) >= 11 is 0. The third-order valence-electron chi connectivity index (χ3n) is 3.13. The minimum absolute atomic E-state index is 0.206. The van der Waals surface area contributed by atoms with Crippen molar-refractivity contribution in [2.75, 3.05) is 13.6 Å². The van der Waals surface area contributed by atoms with Crippen molar-refractivity contribution in [3.8, 4) is 0 Å². The van der Waals surface area contributed by atoms with Crippen molar-refractivity contribution in [3.63, 3.8) is 0 Å². The zero-order valence-electron chi connectivity index (χ0n) is 11.5. The lowest BCUT2D eigenvalue weighted by Crippen LogP contribution is -2.27. The highest BCUT2D eigenvalue weighted by molar-refractivity contribution is 7.89. The molecular formula is C14H17NO4S. The van der Waals surface area contributed by atoms with Gasteiger partial charge in [-0.2, -0.15) is 0 Å². The van der Waals surface area contributed by atoms with Crippen LogP contribution >= 0.6 is 0 Å². The molecule has 1 heterocycles. The summed E-state index contributed by atoms with van der Waals surface area (Å²) in [5.41, 5.74) is -0.0687. The first kappa shape index (κ1) is 14.7. The van der Waals surface area contributed by atoms with E-state index in [0.29, 0.717) is 17.5 Å². The van der Waals surface area contributed by atoms with Crippen molar-refractivity contribution >= 4 is 21.0 Å². The second-order valence-electron chi connectivity index (χ2n) is 4.63. The molecule has 0 fully saturated rings. The summed E-state index contributed by atoms with van der Waals surface area (Å²) in [5, 5.41) is 0.592. The Kier molecular flexibility index (Phi) is 4.25. The second kappa shape index (κ2) is 5.76. The molecule has 2 rings (SSSR count). The Morgan fingerprint density at radius 3 is 2.65 bits per heavy atom. The lowest BCUT2D eigenvalue weighted by Gasteiger charge is -2.16. The molecule has 0 saturated heterocycles. The summed E-state index contributed by atoms with van der Waals surface area (Å²) in [7, 11) is -1.93. The lowest BCUT2D eigenvalue weighted by atomic mass is 10.2.